The van der Waals surface area contributed by atoms with Crippen LogP contribution in [-0.2, 0) is 9.59 Å². The van der Waals surface area contributed by atoms with E-state index in [0.717, 1.165) is 25.8 Å². The lowest BCUT2D eigenvalue weighted by Gasteiger charge is -2.31. The van der Waals surface area contributed by atoms with Crippen molar-refractivity contribution in [1.82, 2.24) is 4.90 Å². The zero-order chi connectivity index (χ0) is 12.1. The summed E-state index contributed by atoms with van der Waals surface area (Å²) >= 11 is 0. The second-order valence-electron chi connectivity index (χ2n) is 4.45. The maximum Gasteiger partial charge on any atom is 0.224 e. The van der Waals surface area contributed by atoms with Crippen molar-refractivity contribution in [1.29, 1.82) is 0 Å². The minimum atomic E-state index is -0.308. The molecule has 1 aliphatic heterocycles. The van der Waals surface area contributed by atoms with Crippen LogP contribution in [0.15, 0.2) is 0 Å². The van der Waals surface area contributed by atoms with Gasteiger partial charge in [0.2, 0.25) is 11.8 Å². The van der Waals surface area contributed by atoms with E-state index in [9.17, 15) is 9.59 Å². The molecular formula is C11H21N3O2. The third kappa shape index (κ3) is 3.48. The van der Waals surface area contributed by atoms with Crippen LogP contribution in [-0.4, -0.2) is 35.8 Å². The summed E-state index contributed by atoms with van der Waals surface area (Å²) in [6, 6.07) is -0.0820. The van der Waals surface area contributed by atoms with Crippen molar-refractivity contribution in [3.8, 4) is 0 Å². The highest BCUT2D eigenvalue weighted by atomic mass is 16.2. The Balaban J connectivity index is 2.47. The van der Waals surface area contributed by atoms with E-state index in [-0.39, 0.29) is 23.8 Å². The summed E-state index contributed by atoms with van der Waals surface area (Å²) in [6.45, 7) is 3.14. The summed E-state index contributed by atoms with van der Waals surface area (Å²) < 4.78 is 0. The van der Waals surface area contributed by atoms with E-state index < -0.39 is 0 Å². The standard InChI is InChI=1S/C11H21N3O2/c1-2-9(12)6-10(15)14-5-3-4-8(7-14)11(13)16/h8-9H,2-7,12H2,1H3,(H2,13,16). The number of rotatable bonds is 4. The largest absolute Gasteiger partial charge is 0.369 e. The molecule has 1 fully saturated rings. The lowest BCUT2D eigenvalue weighted by Crippen LogP contribution is -2.45. The Morgan fingerprint density at radius 2 is 2.19 bits per heavy atom. The Bertz CT molecular complexity index is 268. The predicted molar refractivity (Wildman–Crippen MR) is 61.4 cm³/mol. The summed E-state index contributed by atoms with van der Waals surface area (Å²) in [4.78, 5) is 24.6. The minimum Gasteiger partial charge on any atom is -0.369 e. The maximum atomic E-state index is 11.8. The summed E-state index contributed by atoms with van der Waals surface area (Å²) in [5.74, 6) is -0.451. The Labute approximate surface area is 96.1 Å². The molecule has 0 aliphatic carbocycles. The fourth-order valence-corrected chi connectivity index (χ4v) is 1.93. The zero-order valence-corrected chi connectivity index (χ0v) is 9.82. The molecule has 0 spiro atoms. The van der Waals surface area contributed by atoms with Gasteiger partial charge in [-0.05, 0) is 19.3 Å². The first-order valence-corrected chi connectivity index (χ1v) is 5.87. The second kappa shape index (κ2) is 5.84. The molecule has 4 N–H and O–H groups in total. The van der Waals surface area contributed by atoms with Gasteiger partial charge in [0.25, 0.3) is 0 Å². The lowest BCUT2D eigenvalue weighted by atomic mass is 9.97. The molecule has 2 atom stereocenters. The van der Waals surface area contributed by atoms with Crippen LogP contribution < -0.4 is 11.5 Å². The molecule has 2 amide bonds. The predicted octanol–water partition coefficient (Wildman–Crippen LogP) is -0.162. The van der Waals surface area contributed by atoms with Crippen molar-refractivity contribution < 1.29 is 9.59 Å². The van der Waals surface area contributed by atoms with Crippen LogP contribution in [0.2, 0.25) is 0 Å². The second-order valence-corrected chi connectivity index (χ2v) is 4.45. The van der Waals surface area contributed by atoms with Crippen LogP contribution in [0.1, 0.15) is 32.6 Å². The SMILES string of the molecule is CCC(N)CC(=O)N1CCCC(C(N)=O)C1. The number of primary amides is 1. The van der Waals surface area contributed by atoms with Gasteiger partial charge in [0.1, 0.15) is 0 Å². The van der Waals surface area contributed by atoms with Gasteiger partial charge >= 0.3 is 0 Å². The molecule has 16 heavy (non-hydrogen) atoms. The van der Waals surface area contributed by atoms with E-state index in [2.05, 4.69) is 0 Å². The van der Waals surface area contributed by atoms with E-state index in [1.165, 1.54) is 0 Å². The summed E-state index contributed by atoms with van der Waals surface area (Å²) in [5.41, 5.74) is 11.0. The normalized spacial score (nSPS) is 22.9. The zero-order valence-electron chi connectivity index (χ0n) is 9.82. The van der Waals surface area contributed by atoms with Crippen LogP contribution >= 0.6 is 0 Å². The fourth-order valence-electron chi connectivity index (χ4n) is 1.93. The smallest absolute Gasteiger partial charge is 0.224 e. The van der Waals surface area contributed by atoms with Gasteiger partial charge in [-0.1, -0.05) is 6.92 Å². The van der Waals surface area contributed by atoms with Gasteiger partial charge in [-0.25, -0.2) is 0 Å². The van der Waals surface area contributed by atoms with Crippen LogP contribution in [0.5, 0.6) is 0 Å². The highest BCUT2D eigenvalue weighted by Gasteiger charge is 2.27. The van der Waals surface area contributed by atoms with Gasteiger partial charge < -0.3 is 16.4 Å². The first-order valence-electron chi connectivity index (χ1n) is 5.87. The fraction of sp³-hybridized carbons (Fsp3) is 0.818. The van der Waals surface area contributed by atoms with Crippen LogP contribution in [0, 0.1) is 5.92 Å². The Morgan fingerprint density at radius 1 is 1.50 bits per heavy atom. The Hall–Kier alpha value is -1.10. The molecule has 0 bridgehead atoms. The monoisotopic (exact) mass is 227 g/mol. The number of hydrogen-bond acceptors (Lipinski definition) is 3. The van der Waals surface area contributed by atoms with Gasteiger partial charge in [0.15, 0.2) is 0 Å². The highest BCUT2D eigenvalue weighted by molar-refractivity contribution is 5.80. The van der Waals surface area contributed by atoms with Gasteiger partial charge in [0, 0.05) is 25.6 Å². The number of hydrogen-bond donors (Lipinski definition) is 2. The van der Waals surface area contributed by atoms with Gasteiger partial charge in [-0.3, -0.25) is 9.59 Å². The maximum absolute atomic E-state index is 11.8. The molecule has 5 nitrogen and oxygen atoms in total. The molecule has 0 radical (unpaired) electrons. The van der Waals surface area contributed by atoms with E-state index in [0.29, 0.717) is 13.0 Å². The van der Waals surface area contributed by atoms with E-state index in [4.69, 9.17) is 11.5 Å². The van der Waals surface area contributed by atoms with Gasteiger partial charge in [-0.2, -0.15) is 0 Å². The number of carbonyl (C=O) groups is 2. The van der Waals surface area contributed by atoms with Gasteiger partial charge in [-0.15, -0.1) is 0 Å². The molecule has 0 aromatic carbocycles. The number of amides is 2. The quantitative estimate of drug-likeness (QED) is 0.699. The van der Waals surface area contributed by atoms with Crippen LogP contribution in [0.3, 0.4) is 0 Å². The Morgan fingerprint density at radius 3 is 2.75 bits per heavy atom. The first-order chi connectivity index (χ1) is 7.54. The molecular weight excluding hydrogens is 206 g/mol. The molecule has 1 heterocycles. The number of likely N-dealkylation sites (tertiary alicyclic amines) is 1. The summed E-state index contributed by atoms with van der Waals surface area (Å²) in [5, 5.41) is 0. The lowest BCUT2D eigenvalue weighted by molar-refractivity contribution is -0.135. The van der Waals surface area contributed by atoms with E-state index in [1.54, 1.807) is 4.90 Å². The molecule has 1 saturated heterocycles. The third-order valence-electron chi connectivity index (χ3n) is 3.14. The summed E-state index contributed by atoms with van der Waals surface area (Å²) in [6.07, 6.45) is 2.79. The van der Waals surface area contributed by atoms with Crippen LogP contribution in [0.4, 0.5) is 0 Å². The molecule has 92 valence electrons. The molecule has 0 aromatic rings. The first kappa shape index (κ1) is 13.0. The van der Waals surface area contributed by atoms with Crippen molar-refractivity contribution in [3.05, 3.63) is 0 Å². The van der Waals surface area contributed by atoms with Gasteiger partial charge in [0.05, 0.1) is 5.92 Å². The molecule has 5 heteroatoms. The molecule has 1 rings (SSSR count). The van der Waals surface area contributed by atoms with E-state index in [1.807, 2.05) is 6.92 Å². The molecule has 0 aromatic heterocycles. The number of nitrogens with zero attached hydrogens (tertiary/aromatic N) is 1. The number of nitrogens with two attached hydrogens (primary N) is 2. The van der Waals surface area contributed by atoms with Crippen molar-refractivity contribution in [2.45, 2.75) is 38.6 Å². The minimum absolute atomic E-state index is 0.0419. The average molecular weight is 227 g/mol. The highest BCUT2D eigenvalue weighted by Crippen LogP contribution is 2.17. The summed E-state index contributed by atoms with van der Waals surface area (Å²) in [7, 11) is 0. The van der Waals surface area contributed by atoms with Crippen molar-refractivity contribution in [3.63, 3.8) is 0 Å². The van der Waals surface area contributed by atoms with Crippen molar-refractivity contribution >= 4 is 11.8 Å². The van der Waals surface area contributed by atoms with Crippen molar-refractivity contribution in [2.75, 3.05) is 13.1 Å². The van der Waals surface area contributed by atoms with E-state index >= 15 is 0 Å². The topological polar surface area (TPSA) is 89.4 Å². The third-order valence-corrected chi connectivity index (χ3v) is 3.14. The Kier molecular flexibility index (Phi) is 4.73. The molecule has 1 aliphatic rings. The van der Waals surface area contributed by atoms with Crippen LogP contribution in [0.25, 0.3) is 0 Å². The van der Waals surface area contributed by atoms with Crippen molar-refractivity contribution in [2.24, 2.45) is 17.4 Å². The molecule has 0 saturated carbocycles. The average Bonchev–Trinajstić information content (AvgIpc) is 2.28. The molecule has 2 unspecified atom stereocenters. The number of piperidine rings is 1. The number of carbonyl (C=O) groups excluding carboxylic acids is 2.